The largest absolute Gasteiger partial charge is 0.338 e. The van der Waals surface area contributed by atoms with Crippen LogP contribution in [0.3, 0.4) is 0 Å². The molecule has 0 aliphatic carbocycles. The zero-order chi connectivity index (χ0) is 18.0. The third-order valence-corrected chi connectivity index (χ3v) is 5.31. The van der Waals surface area contributed by atoms with Gasteiger partial charge in [0.1, 0.15) is 0 Å². The van der Waals surface area contributed by atoms with Gasteiger partial charge in [-0.05, 0) is 45.7 Å². The Morgan fingerprint density at radius 2 is 1.81 bits per heavy atom. The predicted octanol–water partition coefficient (Wildman–Crippen LogP) is 2.40. The standard InChI is InChI=1S/C20H29N3O2.ClH/c1-14-9-15(2)11-18(10-14)19(24)22-7-4-5-17(13-22)20(25)23-8-6-21-12-16(23)3;/h9-11,16-17,21H,4-8,12-13H2,1-3H3;1H/t16-,17?;/m1./s1. The number of rotatable bonds is 2. The Morgan fingerprint density at radius 3 is 2.46 bits per heavy atom. The van der Waals surface area contributed by atoms with Crippen LogP contribution in [-0.4, -0.2) is 60.4 Å². The molecule has 2 atom stereocenters. The van der Waals surface area contributed by atoms with Crippen molar-refractivity contribution in [2.75, 3.05) is 32.7 Å². The number of amides is 2. The number of likely N-dealkylation sites (tertiary alicyclic amines) is 1. The highest BCUT2D eigenvalue weighted by atomic mass is 35.5. The van der Waals surface area contributed by atoms with Crippen LogP contribution < -0.4 is 5.32 Å². The van der Waals surface area contributed by atoms with Crippen LogP contribution in [0.15, 0.2) is 18.2 Å². The molecule has 0 radical (unpaired) electrons. The molecule has 2 aliphatic rings. The van der Waals surface area contributed by atoms with Gasteiger partial charge in [-0.2, -0.15) is 0 Å². The van der Waals surface area contributed by atoms with Crippen molar-refractivity contribution >= 4 is 24.2 Å². The van der Waals surface area contributed by atoms with Crippen LogP contribution in [0.25, 0.3) is 0 Å². The first-order chi connectivity index (χ1) is 12.0. The number of halogens is 1. The molecule has 1 aromatic carbocycles. The summed E-state index contributed by atoms with van der Waals surface area (Å²) in [5.41, 5.74) is 2.94. The van der Waals surface area contributed by atoms with Gasteiger partial charge in [-0.15, -0.1) is 12.4 Å². The number of piperidine rings is 1. The summed E-state index contributed by atoms with van der Waals surface area (Å²) in [5, 5.41) is 3.32. The molecule has 2 amide bonds. The molecular formula is C20H30ClN3O2. The molecule has 144 valence electrons. The normalized spacial score (nSPS) is 23.3. The number of piperazine rings is 1. The highest BCUT2D eigenvalue weighted by Gasteiger charge is 2.34. The summed E-state index contributed by atoms with van der Waals surface area (Å²) in [6, 6.07) is 6.19. The summed E-state index contributed by atoms with van der Waals surface area (Å²) in [7, 11) is 0. The highest BCUT2D eigenvalue weighted by molar-refractivity contribution is 5.95. The number of nitrogens with one attached hydrogen (secondary N) is 1. The molecule has 1 N–H and O–H groups in total. The number of hydrogen-bond donors (Lipinski definition) is 1. The van der Waals surface area contributed by atoms with E-state index in [0.29, 0.717) is 6.54 Å². The van der Waals surface area contributed by atoms with E-state index in [9.17, 15) is 9.59 Å². The van der Waals surface area contributed by atoms with E-state index in [0.717, 1.165) is 55.7 Å². The van der Waals surface area contributed by atoms with Crippen LogP contribution >= 0.6 is 12.4 Å². The molecule has 6 heteroatoms. The Hall–Kier alpha value is -1.59. The lowest BCUT2D eigenvalue weighted by Gasteiger charge is -2.39. The third-order valence-electron chi connectivity index (χ3n) is 5.31. The average Bonchev–Trinajstić information content (AvgIpc) is 2.60. The molecule has 0 bridgehead atoms. The van der Waals surface area contributed by atoms with E-state index in [2.05, 4.69) is 18.3 Å². The van der Waals surface area contributed by atoms with Gasteiger partial charge in [0.15, 0.2) is 0 Å². The van der Waals surface area contributed by atoms with E-state index >= 15 is 0 Å². The molecule has 2 heterocycles. The molecular weight excluding hydrogens is 350 g/mol. The maximum Gasteiger partial charge on any atom is 0.253 e. The number of nitrogens with zero attached hydrogens (tertiary/aromatic N) is 2. The molecule has 0 spiro atoms. The monoisotopic (exact) mass is 379 g/mol. The van der Waals surface area contributed by atoms with Crippen molar-refractivity contribution in [2.45, 2.75) is 39.7 Å². The minimum absolute atomic E-state index is 0. The number of aryl methyl sites for hydroxylation is 2. The third kappa shape index (κ3) is 4.57. The second kappa shape index (κ2) is 8.87. The summed E-state index contributed by atoms with van der Waals surface area (Å²) >= 11 is 0. The van der Waals surface area contributed by atoms with Crippen molar-refractivity contribution in [2.24, 2.45) is 5.92 Å². The Bertz CT molecular complexity index is 644. The van der Waals surface area contributed by atoms with Crippen molar-refractivity contribution in [1.82, 2.24) is 15.1 Å². The maximum absolute atomic E-state index is 12.9. The van der Waals surface area contributed by atoms with Gasteiger partial charge >= 0.3 is 0 Å². The zero-order valence-corrected chi connectivity index (χ0v) is 16.8. The van der Waals surface area contributed by atoms with E-state index in [-0.39, 0.29) is 36.2 Å². The average molecular weight is 380 g/mol. The molecule has 0 saturated carbocycles. The Kier molecular flexibility index (Phi) is 7.07. The minimum Gasteiger partial charge on any atom is -0.338 e. The van der Waals surface area contributed by atoms with Crippen molar-refractivity contribution in [3.63, 3.8) is 0 Å². The van der Waals surface area contributed by atoms with Crippen LogP contribution in [-0.2, 0) is 4.79 Å². The molecule has 2 aliphatic heterocycles. The Balaban J connectivity index is 0.00000243. The summed E-state index contributed by atoms with van der Waals surface area (Å²) in [6.45, 7) is 9.87. The van der Waals surface area contributed by atoms with Gasteiger partial charge in [-0.1, -0.05) is 17.2 Å². The maximum atomic E-state index is 12.9. The van der Waals surface area contributed by atoms with Crippen LogP contribution in [0.2, 0.25) is 0 Å². The second-order valence-corrected chi connectivity index (χ2v) is 7.55. The fraction of sp³-hybridized carbons (Fsp3) is 0.600. The van der Waals surface area contributed by atoms with E-state index in [4.69, 9.17) is 0 Å². The summed E-state index contributed by atoms with van der Waals surface area (Å²) in [4.78, 5) is 29.7. The minimum atomic E-state index is -0.0656. The summed E-state index contributed by atoms with van der Waals surface area (Å²) in [5.74, 6) is 0.203. The first-order valence-electron chi connectivity index (χ1n) is 9.34. The molecule has 2 fully saturated rings. The topological polar surface area (TPSA) is 52.7 Å². The molecule has 26 heavy (non-hydrogen) atoms. The van der Waals surface area contributed by atoms with Gasteiger partial charge in [0.25, 0.3) is 5.91 Å². The van der Waals surface area contributed by atoms with Crippen LogP contribution in [0, 0.1) is 19.8 Å². The molecule has 2 saturated heterocycles. The van der Waals surface area contributed by atoms with E-state index in [1.54, 1.807) is 0 Å². The SMILES string of the molecule is Cc1cc(C)cc(C(=O)N2CCCC(C(=O)N3CCNC[C@H]3C)C2)c1.Cl. The van der Waals surface area contributed by atoms with Gasteiger partial charge < -0.3 is 15.1 Å². The molecule has 1 aromatic rings. The molecule has 3 rings (SSSR count). The lowest BCUT2D eigenvalue weighted by atomic mass is 9.94. The van der Waals surface area contributed by atoms with Crippen LogP contribution in [0.1, 0.15) is 41.3 Å². The van der Waals surface area contributed by atoms with E-state index in [1.165, 1.54) is 0 Å². The Morgan fingerprint density at radius 1 is 1.12 bits per heavy atom. The molecule has 5 nitrogen and oxygen atoms in total. The second-order valence-electron chi connectivity index (χ2n) is 7.55. The first kappa shape index (κ1) is 20.7. The van der Waals surface area contributed by atoms with Crippen molar-refractivity contribution in [1.29, 1.82) is 0 Å². The van der Waals surface area contributed by atoms with Crippen molar-refractivity contribution in [3.8, 4) is 0 Å². The molecule has 0 aromatic heterocycles. The number of carbonyl (C=O) groups excluding carboxylic acids is 2. The number of benzene rings is 1. The first-order valence-corrected chi connectivity index (χ1v) is 9.34. The summed E-state index contributed by atoms with van der Waals surface area (Å²) in [6.07, 6.45) is 1.78. The highest BCUT2D eigenvalue weighted by Crippen LogP contribution is 2.22. The van der Waals surface area contributed by atoms with E-state index < -0.39 is 0 Å². The summed E-state index contributed by atoms with van der Waals surface area (Å²) < 4.78 is 0. The van der Waals surface area contributed by atoms with Crippen molar-refractivity contribution in [3.05, 3.63) is 34.9 Å². The number of hydrogen-bond acceptors (Lipinski definition) is 3. The quantitative estimate of drug-likeness (QED) is 0.858. The molecule has 1 unspecified atom stereocenters. The van der Waals surface area contributed by atoms with Crippen LogP contribution in [0.5, 0.6) is 0 Å². The fourth-order valence-corrected chi connectivity index (χ4v) is 4.05. The van der Waals surface area contributed by atoms with Gasteiger partial charge in [0.2, 0.25) is 5.91 Å². The van der Waals surface area contributed by atoms with Gasteiger partial charge in [0, 0.05) is 44.3 Å². The van der Waals surface area contributed by atoms with E-state index in [1.807, 2.05) is 35.8 Å². The zero-order valence-electron chi connectivity index (χ0n) is 16.0. The lowest BCUT2D eigenvalue weighted by molar-refractivity contribution is -0.139. The lowest BCUT2D eigenvalue weighted by Crippen LogP contribution is -2.55. The van der Waals surface area contributed by atoms with Gasteiger partial charge in [0.05, 0.1) is 5.92 Å². The van der Waals surface area contributed by atoms with Gasteiger partial charge in [-0.3, -0.25) is 9.59 Å². The Labute approximate surface area is 162 Å². The fourth-order valence-electron chi connectivity index (χ4n) is 4.05. The van der Waals surface area contributed by atoms with Crippen molar-refractivity contribution < 1.29 is 9.59 Å². The predicted molar refractivity (Wildman–Crippen MR) is 106 cm³/mol. The smallest absolute Gasteiger partial charge is 0.253 e. The number of carbonyl (C=O) groups is 2. The van der Waals surface area contributed by atoms with Crippen LogP contribution in [0.4, 0.5) is 0 Å². The van der Waals surface area contributed by atoms with Gasteiger partial charge in [-0.25, -0.2) is 0 Å².